The van der Waals surface area contributed by atoms with Crippen molar-refractivity contribution in [2.45, 2.75) is 31.7 Å². The van der Waals surface area contributed by atoms with Gasteiger partial charge >= 0.3 is 0 Å². The van der Waals surface area contributed by atoms with Gasteiger partial charge in [0.2, 0.25) is 11.8 Å². The Hall–Kier alpha value is -1.10. The third-order valence-electron chi connectivity index (χ3n) is 3.64. The number of rotatable bonds is 2. The van der Waals surface area contributed by atoms with Gasteiger partial charge < -0.3 is 15.5 Å². The Bertz CT molecular complexity index is 300. The minimum atomic E-state index is 0.103. The van der Waals surface area contributed by atoms with Gasteiger partial charge in [-0.1, -0.05) is 0 Å². The van der Waals surface area contributed by atoms with Gasteiger partial charge in [-0.25, -0.2) is 0 Å². The van der Waals surface area contributed by atoms with Gasteiger partial charge in [0, 0.05) is 32.6 Å². The van der Waals surface area contributed by atoms with Gasteiger partial charge in [0.1, 0.15) is 0 Å². The predicted octanol–water partition coefficient (Wildman–Crippen LogP) is -0.277. The lowest BCUT2D eigenvalue weighted by Gasteiger charge is -2.32. The molecule has 0 aromatic heterocycles. The van der Waals surface area contributed by atoms with E-state index in [1.807, 2.05) is 0 Å². The van der Waals surface area contributed by atoms with Gasteiger partial charge in [-0.05, 0) is 25.8 Å². The van der Waals surface area contributed by atoms with Crippen molar-refractivity contribution in [3.05, 3.63) is 0 Å². The van der Waals surface area contributed by atoms with Crippen LogP contribution >= 0.6 is 0 Å². The minimum Gasteiger partial charge on any atom is -0.351 e. The van der Waals surface area contributed by atoms with E-state index in [9.17, 15) is 9.59 Å². The number of carbonyl (C=O) groups is 2. The zero-order chi connectivity index (χ0) is 12.3. The van der Waals surface area contributed by atoms with Crippen molar-refractivity contribution in [1.82, 2.24) is 15.5 Å². The van der Waals surface area contributed by atoms with Crippen LogP contribution in [0.5, 0.6) is 0 Å². The summed E-state index contributed by atoms with van der Waals surface area (Å²) in [5.74, 6) is 0.423. The second-order valence-corrected chi connectivity index (χ2v) is 5.06. The number of likely N-dealkylation sites (tertiary alicyclic amines) is 1. The smallest absolute Gasteiger partial charge is 0.224 e. The lowest BCUT2D eigenvalue weighted by atomic mass is 9.97. The zero-order valence-corrected chi connectivity index (χ0v) is 10.4. The van der Waals surface area contributed by atoms with Crippen LogP contribution in [0.4, 0.5) is 0 Å². The highest BCUT2D eigenvalue weighted by Crippen LogP contribution is 2.13. The number of amides is 2. The van der Waals surface area contributed by atoms with Crippen molar-refractivity contribution in [3.8, 4) is 0 Å². The van der Waals surface area contributed by atoms with E-state index in [4.69, 9.17) is 0 Å². The number of nitrogens with zero attached hydrogens (tertiary/aromatic N) is 1. The summed E-state index contributed by atoms with van der Waals surface area (Å²) in [6.45, 7) is 2.45. The molecule has 2 saturated heterocycles. The molecule has 5 nitrogen and oxygen atoms in total. The molecule has 0 bridgehead atoms. The third-order valence-corrected chi connectivity index (χ3v) is 3.64. The fraction of sp³-hybridized carbons (Fsp3) is 0.833. The molecule has 2 heterocycles. The molecule has 2 N–H and O–H groups in total. The van der Waals surface area contributed by atoms with Gasteiger partial charge in [-0.3, -0.25) is 9.59 Å². The number of carbonyl (C=O) groups excluding carboxylic acids is 2. The fourth-order valence-electron chi connectivity index (χ4n) is 2.52. The van der Waals surface area contributed by atoms with Crippen molar-refractivity contribution in [3.63, 3.8) is 0 Å². The summed E-state index contributed by atoms with van der Waals surface area (Å²) in [7, 11) is 1.79. The second kappa shape index (κ2) is 5.49. The first-order valence-corrected chi connectivity index (χ1v) is 6.42. The monoisotopic (exact) mass is 239 g/mol. The highest BCUT2D eigenvalue weighted by atomic mass is 16.2. The number of hydrogen-bond donors (Lipinski definition) is 2. The van der Waals surface area contributed by atoms with Crippen molar-refractivity contribution >= 4 is 11.8 Å². The van der Waals surface area contributed by atoms with E-state index in [2.05, 4.69) is 10.6 Å². The largest absolute Gasteiger partial charge is 0.351 e. The number of likely N-dealkylation sites (N-methyl/N-ethyl adjacent to an activating group) is 1. The Morgan fingerprint density at radius 3 is 2.94 bits per heavy atom. The molecule has 96 valence electrons. The van der Waals surface area contributed by atoms with Crippen LogP contribution in [0.15, 0.2) is 0 Å². The van der Waals surface area contributed by atoms with Crippen LogP contribution in [0.1, 0.15) is 25.7 Å². The van der Waals surface area contributed by atoms with Crippen LogP contribution in [0.2, 0.25) is 0 Å². The second-order valence-electron chi connectivity index (χ2n) is 5.06. The molecule has 0 radical (unpaired) electrons. The molecule has 5 heteroatoms. The van der Waals surface area contributed by atoms with E-state index in [-0.39, 0.29) is 23.8 Å². The van der Waals surface area contributed by atoms with Crippen molar-refractivity contribution in [1.29, 1.82) is 0 Å². The molecular weight excluding hydrogens is 218 g/mol. The van der Waals surface area contributed by atoms with Crippen molar-refractivity contribution in [2.75, 3.05) is 26.7 Å². The summed E-state index contributed by atoms with van der Waals surface area (Å²) < 4.78 is 0. The molecule has 2 fully saturated rings. The zero-order valence-electron chi connectivity index (χ0n) is 10.4. The first-order valence-electron chi connectivity index (χ1n) is 6.42. The Morgan fingerprint density at radius 2 is 2.29 bits per heavy atom. The predicted molar refractivity (Wildman–Crippen MR) is 64.4 cm³/mol. The molecule has 2 amide bonds. The quantitative estimate of drug-likeness (QED) is 0.697. The first-order chi connectivity index (χ1) is 8.16. The van der Waals surface area contributed by atoms with Crippen LogP contribution < -0.4 is 10.6 Å². The molecule has 0 saturated carbocycles. The van der Waals surface area contributed by atoms with Crippen molar-refractivity contribution in [2.24, 2.45) is 5.92 Å². The minimum absolute atomic E-state index is 0.103. The molecule has 0 aliphatic carbocycles. The van der Waals surface area contributed by atoms with E-state index >= 15 is 0 Å². The molecule has 2 aliphatic rings. The Labute approximate surface area is 102 Å². The van der Waals surface area contributed by atoms with Crippen LogP contribution in [0.3, 0.4) is 0 Å². The summed E-state index contributed by atoms with van der Waals surface area (Å²) >= 11 is 0. The first kappa shape index (κ1) is 12.4. The SMILES string of the molecule is CN1CC(NC(=O)[C@H]2CCCNC2)CCC1=O. The molecule has 17 heavy (non-hydrogen) atoms. The van der Waals surface area contributed by atoms with E-state index in [0.29, 0.717) is 13.0 Å². The Morgan fingerprint density at radius 1 is 1.47 bits per heavy atom. The molecule has 0 aromatic carbocycles. The molecule has 2 atom stereocenters. The summed E-state index contributed by atoms with van der Waals surface area (Å²) in [4.78, 5) is 25.0. The topological polar surface area (TPSA) is 61.4 Å². The fourth-order valence-corrected chi connectivity index (χ4v) is 2.52. The van der Waals surface area contributed by atoms with Crippen LogP contribution in [-0.4, -0.2) is 49.4 Å². The summed E-state index contributed by atoms with van der Waals surface area (Å²) in [6, 6.07) is 0.132. The molecule has 0 aromatic rings. The number of nitrogens with one attached hydrogen (secondary N) is 2. The van der Waals surface area contributed by atoms with Gasteiger partial charge in [-0.15, -0.1) is 0 Å². The van der Waals surface area contributed by atoms with Crippen LogP contribution in [-0.2, 0) is 9.59 Å². The van der Waals surface area contributed by atoms with Gasteiger partial charge in [0.25, 0.3) is 0 Å². The maximum atomic E-state index is 12.0. The molecule has 0 spiro atoms. The van der Waals surface area contributed by atoms with Gasteiger partial charge in [0.15, 0.2) is 0 Å². The molecular formula is C12H21N3O2. The molecule has 2 aliphatic heterocycles. The van der Waals surface area contributed by atoms with E-state index in [1.165, 1.54) is 0 Å². The average Bonchev–Trinajstić information content (AvgIpc) is 2.35. The summed E-state index contributed by atoms with van der Waals surface area (Å²) in [5, 5.41) is 6.31. The number of hydrogen-bond acceptors (Lipinski definition) is 3. The van der Waals surface area contributed by atoms with Crippen LogP contribution in [0, 0.1) is 5.92 Å². The lowest BCUT2D eigenvalue weighted by molar-refractivity contribution is -0.134. The Balaban J connectivity index is 1.80. The maximum absolute atomic E-state index is 12.0. The van der Waals surface area contributed by atoms with E-state index < -0.39 is 0 Å². The molecule has 2 rings (SSSR count). The van der Waals surface area contributed by atoms with Crippen molar-refractivity contribution < 1.29 is 9.59 Å². The molecule has 1 unspecified atom stereocenters. The van der Waals surface area contributed by atoms with Crippen LogP contribution in [0.25, 0.3) is 0 Å². The maximum Gasteiger partial charge on any atom is 0.224 e. The van der Waals surface area contributed by atoms with Gasteiger partial charge in [-0.2, -0.15) is 0 Å². The highest BCUT2D eigenvalue weighted by molar-refractivity contribution is 5.80. The summed E-state index contributed by atoms with van der Waals surface area (Å²) in [6.07, 6.45) is 3.36. The third kappa shape index (κ3) is 3.19. The number of piperidine rings is 2. The van der Waals surface area contributed by atoms with Gasteiger partial charge in [0.05, 0.1) is 5.92 Å². The highest BCUT2D eigenvalue weighted by Gasteiger charge is 2.27. The summed E-state index contributed by atoms with van der Waals surface area (Å²) in [5.41, 5.74) is 0. The Kier molecular flexibility index (Phi) is 3.99. The standard InChI is InChI=1S/C12H21N3O2/c1-15-8-10(4-5-11(15)16)14-12(17)9-3-2-6-13-7-9/h9-10,13H,2-8H2,1H3,(H,14,17)/t9-,10?/m0/s1. The van der Waals surface area contributed by atoms with E-state index in [1.54, 1.807) is 11.9 Å². The lowest BCUT2D eigenvalue weighted by Crippen LogP contribution is -2.51. The normalized spacial score (nSPS) is 30.2. The van der Waals surface area contributed by atoms with E-state index in [0.717, 1.165) is 32.4 Å². The average molecular weight is 239 g/mol.